The van der Waals surface area contributed by atoms with Gasteiger partial charge >= 0.3 is 0 Å². The monoisotopic (exact) mass is 406 g/mol. The molecule has 0 spiro atoms. The maximum Gasteiger partial charge on any atom is 0.278 e. The summed E-state index contributed by atoms with van der Waals surface area (Å²) in [4.78, 5) is 16.1. The zero-order chi connectivity index (χ0) is 18.4. The van der Waals surface area contributed by atoms with Gasteiger partial charge in [-0.15, -0.1) is 0 Å². The lowest BCUT2D eigenvalue weighted by Gasteiger charge is -2.08. The molecule has 26 heavy (non-hydrogen) atoms. The molecule has 1 heterocycles. The van der Waals surface area contributed by atoms with Crippen molar-refractivity contribution >= 4 is 40.4 Å². The van der Waals surface area contributed by atoms with Gasteiger partial charge in [0.05, 0.1) is 0 Å². The van der Waals surface area contributed by atoms with Gasteiger partial charge in [0, 0.05) is 34.6 Å². The van der Waals surface area contributed by atoms with Crippen LogP contribution in [0.1, 0.15) is 17.5 Å². The fourth-order valence-corrected chi connectivity index (χ4v) is 3.31. The molecule has 7 heteroatoms. The number of hydrogen-bond donors (Lipinski definition) is 1. The van der Waals surface area contributed by atoms with Crippen molar-refractivity contribution in [2.24, 2.45) is 0 Å². The topological polar surface area (TPSA) is 51.2 Å². The lowest BCUT2D eigenvalue weighted by molar-refractivity contribution is -0.121. The van der Waals surface area contributed by atoms with Crippen LogP contribution in [0.15, 0.2) is 54.0 Å². The van der Waals surface area contributed by atoms with Gasteiger partial charge in [0.15, 0.2) is 0 Å². The quantitative estimate of drug-likeness (QED) is 0.563. The molecule has 1 aromatic heterocycles. The van der Waals surface area contributed by atoms with Crippen molar-refractivity contribution < 1.29 is 9.53 Å². The van der Waals surface area contributed by atoms with E-state index in [1.54, 1.807) is 18.3 Å². The van der Waals surface area contributed by atoms with Gasteiger partial charge in [-0.25, -0.2) is 4.98 Å². The highest BCUT2D eigenvalue weighted by molar-refractivity contribution is 7.11. The maximum absolute atomic E-state index is 12.0. The van der Waals surface area contributed by atoms with E-state index >= 15 is 0 Å². The minimum atomic E-state index is -0.0286. The molecule has 0 bridgehead atoms. The Morgan fingerprint density at radius 2 is 1.96 bits per heavy atom. The molecule has 2 aromatic carbocycles. The van der Waals surface area contributed by atoms with Gasteiger partial charge in [-0.3, -0.25) is 4.79 Å². The van der Waals surface area contributed by atoms with Crippen molar-refractivity contribution in [2.75, 3.05) is 0 Å². The van der Waals surface area contributed by atoms with Gasteiger partial charge in [-0.05, 0) is 41.8 Å². The van der Waals surface area contributed by atoms with Crippen molar-refractivity contribution in [3.63, 3.8) is 0 Å². The predicted octanol–water partition coefficient (Wildman–Crippen LogP) is 5.49. The van der Waals surface area contributed by atoms with E-state index in [4.69, 9.17) is 27.9 Å². The van der Waals surface area contributed by atoms with Gasteiger partial charge in [0.25, 0.3) is 5.19 Å². The Kier molecular flexibility index (Phi) is 6.50. The van der Waals surface area contributed by atoms with Crippen molar-refractivity contribution in [1.29, 1.82) is 0 Å². The molecule has 0 radical (unpaired) electrons. The summed E-state index contributed by atoms with van der Waals surface area (Å²) in [5.74, 6) is 0.687. The van der Waals surface area contributed by atoms with Crippen LogP contribution in [0.25, 0.3) is 0 Å². The number of aryl methyl sites for hydroxylation is 1. The van der Waals surface area contributed by atoms with E-state index in [0.717, 1.165) is 11.1 Å². The molecule has 3 aromatic rings. The number of halogens is 2. The van der Waals surface area contributed by atoms with Gasteiger partial charge < -0.3 is 10.1 Å². The van der Waals surface area contributed by atoms with Gasteiger partial charge in [-0.1, -0.05) is 52.7 Å². The first-order chi connectivity index (χ1) is 12.6. The molecule has 0 unspecified atom stereocenters. The summed E-state index contributed by atoms with van der Waals surface area (Å²) in [6.45, 7) is 0.463. The number of nitrogens with zero attached hydrogens (tertiary/aromatic N) is 1. The van der Waals surface area contributed by atoms with Crippen LogP contribution in [-0.4, -0.2) is 10.9 Å². The number of hydrogen-bond acceptors (Lipinski definition) is 4. The second-order valence-corrected chi connectivity index (χ2v) is 7.26. The second kappa shape index (κ2) is 9.03. The van der Waals surface area contributed by atoms with Crippen LogP contribution in [0, 0.1) is 0 Å². The fraction of sp³-hybridized carbons (Fsp3) is 0.158. The van der Waals surface area contributed by atoms with E-state index in [-0.39, 0.29) is 5.91 Å². The maximum atomic E-state index is 12.0. The van der Waals surface area contributed by atoms with Crippen LogP contribution < -0.4 is 10.1 Å². The first-order valence-corrected chi connectivity index (χ1v) is 9.60. The summed E-state index contributed by atoms with van der Waals surface area (Å²) in [5.41, 5.74) is 1.91. The second-order valence-electron chi connectivity index (χ2n) is 5.56. The van der Waals surface area contributed by atoms with Crippen LogP contribution in [-0.2, 0) is 17.8 Å². The zero-order valence-corrected chi connectivity index (χ0v) is 16.1. The normalized spacial score (nSPS) is 10.5. The van der Waals surface area contributed by atoms with E-state index in [2.05, 4.69) is 10.3 Å². The molecule has 0 aliphatic rings. The molecule has 0 aliphatic heterocycles. The van der Waals surface area contributed by atoms with E-state index in [1.807, 2.05) is 35.7 Å². The molecule has 0 atom stereocenters. The SMILES string of the molecule is O=C(CCc1ccc(Cl)cc1Cl)NCc1ccc(Oc2nccs2)cc1. The summed E-state index contributed by atoms with van der Waals surface area (Å²) in [6.07, 6.45) is 2.64. The Balaban J connectivity index is 1.45. The number of ether oxygens (including phenoxy) is 1. The summed E-state index contributed by atoms with van der Waals surface area (Å²) in [7, 11) is 0. The summed E-state index contributed by atoms with van der Waals surface area (Å²) in [5, 5.41) is 6.54. The minimum absolute atomic E-state index is 0.0286. The molecule has 0 saturated heterocycles. The number of carbonyl (C=O) groups is 1. The number of carbonyl (C=O) groups excluding carboxylic acids is 1. The minimum Gasteiger partial charge on any atom is -0.431 e. The Morgan fingerprint density at radius 3 is 2.65 bits per heavy atom. The van der Waals surface area contributed by atoms with Crippen LogP contribution in [0.5, 0.6) is 10.9 Å². The first kappa shape index (κ1) is 18.7. The van der Waals surface area contributed by atoms with Crippen LogP contribution in [0.2, 0.25) is 10.0 Å². The lowest BCUT2D eigenvalue weighted by atomic mass is 10.1. The van der Waals surface area contributed by atoms with E-state index in [0.29, 0.717) is 40.4 Å². The van der Waals surface area contributed by atoms with Crippen LogP contribution in [0.4, 0.5) is 0 Å². The molecular formula is C19H16Cl2N2O2S. The zero-order valence-electron chi connectivity index (χ0n) is 13.7. The Morgan fingerprint density at radius 1 is 1.15 bits per heavy atom. The van der Waals surface area contributed by atoms with Crippen molar-refractivity contribution in [1.82, 2.24) is 10.3 Å². The number of nitrogens with one attached hydrogen (secondary N) is 1. The molecule has 1 amide bonds. The summed E-state index contributed by atoms with van der Waals surface area (Å²) < 4.78 is 5.60. The Bertz CT molecular complexity index is 868. The lowest BCUT2D eigenvalue weighted by Crippen LogP contribution is -2.23. The summed E-state index contributed by atoms with van der Waals surface area (Å²) >= 11 is 13.4. The fourth-order valence-electron chi connectivity index (χ4n) is 2.30. The summed E-state index contributed by atoms with van der Waals surface area (Å²) in [6, 6.07) is 12.9. The Hall–Kier alpha value is -2.08. The van der Waals surface area contributed by atoms with Crippen molar-refractivity contribution in [3.05, 3.63) is 75.2 Å². The number of rotatable bonds is 7. The van der Waals surface area contributed by atoms with E-state index < -0.39 is 0 Å². The largest absolute Gasteiger partial charge is 0.431 e. The van der Waals surface area contributed by atoms with Gasteiger partial charge in [0.1, 0.15) is 5.75 Å². The molecule has 0 aliphatic carbocycles. The molecular weight excluding hydrogens is 391 g/mol. The third kappa shape index (κ3) is 5.46. The predicted molar refractivity (Wildman–Crippen MR) is 105 cm³/mol. The van der Waals surface area contributed by atoms with Gasteiger partial charge in [0.2, 0.25) is 5.91 Å². The molecule has 1 N–H and O–H groups in total. The van der Waals surface area contributed by atoms with Crippen molar-refractivity contribution in [2.45, 2.75) is 19.4 Å². The highest BCUT2D eigenvalue weighted by Crippen LogP contribution is 2.24. The van der Waals surface area contributed by atoms with Crippen molar-refractivity contribution in [3.8, 4) is 10.9 Å². The molecule has 0 saturated carbocycles. The Labute approximate surface area is 165 Å². The van der Waals surface area contributed by atoms with Gasteiger partial charge in [-0.2, -0.15) is 0 Å². The number of benzene rings is 2. The highest BCUT2D eigenvalue weighted by atomic mass is 35.5. The average Bonchev–Trinajstić information content (AvgIpc) is 3.13. The third-order valence-corrected chi connectivity index (χ3v) is 4.90. The molecule has 134 valence electrons. The van der Waals surface area contributed by atoms with E-state index in [1.165, 1.54) is 11.3 Å². The number of amides is 1. The molecule has 4 nitrogen and oxygen atoms in total. The average molecular weight is 407 g/mol. The first-order valence-electron chi connectivity index (χ1n) is 7.97. The van der Waals surface area contributed by atoms with E-state index in [9.17, 15) is 4.79 Å². The number of thiazole rings is 1. The highest BCUT2D eigenvalue weighted by Gasteiger charge is 2.06. The van der Waals surface area contributed by atoms with Crippen LogP contribution in [0.3, 0.4) is 0 Å². The number of aromatic nitrogens is 1. The van der Waals surface area contributed by atoms with Crippen LogP contribution >= 0.6 is 34.5 Å². The third-order valence-electron chi connectivity index (χ3n) is 3.66. The molecule has 3 rings (SSSR count). The molecule has 0 fully saturated rings. The smallest absolute Gasteiger partial charge is 0.278 e. The standard InChI is InChI=1S/C19H16Cl2N2O2S/c20-15-5-3-14(17(21)11-15)4-8-18(24)23-12-13-1-6-16(7-2-13)25-19-22-9-10-26-19/h1-3,5-7,9-11H,4,8,12H2,(H,23,24).